The van der Waals surface area contributed by atoms with Gasteiger partial charge in [0.15, 0.2) is 0 Å². The Labute approximate surface area is 169 Å². The van der Waals surface area contributed by atoms with Crippen molar-refractivity contribution < 1.29 is 24.2 Å². The number of hydrogen-bond donors (Lipinski definition) is 1. The monoisotopic (exact) mass is 392 g/mol. The van der Waals surface area contributed by atoms with Gasteiger partial charge in [-0.2, -0.15) is 0 Å². The van der Waals surface area contributed by atoms with Crippen LogP contribution in [-0.2, 0) is 14.3 Å². The van der Waals surface area contributed by atoms with Crippen molar-refractivity contribution in [1.29, 1.82) is 0 Å². The van der Waals surface area contributed by atoms with E-state index in [0.29, 0.717) is 13.2 Å². The summed E-state index contributed by atoms with van der Waals surface area (Å²) in [5.74, 6) is -0.833. The third kappa shape index (κ3) is 326. The minimum Gasteiger partial charge on any atom is -0.481 e. The highest BCUT2D eigenvalue weighted by Crippen LogP contribution is 1.81. The van der Waals surface area contributed by atoms with E-state index in [1.165, 1.54) is 12.8 Å². The van der Waals surface area contributed by atoms with E-state index in [0.717, 1.165) is 6.92 Å². The Hall–Kier alpha value is -1.26. The van der Waals surface area contributed by atoms with E-state index in [9.17, 15) is 4.79 Å². The van der Waals surface area contributed by atoms with Gasteiger partial charge in [-0.25, -0.2) is 4.79 Å². The van der Waals surface area contributed by atoms with Gasteiger partial charge in [0.05, 0.1) is 13.2 Å². The Morgan fingerprint density at radius 3 is 0.885 bits per heavy atom. The maximum atomic E-state index is 10.2. The van der Waals surface area contributed by atoms with Gasteiger partial charge in [0.25, 0.3) is 5.97 Å². The van der Waals surface area contributed by atoms with Crippen molar-refractivity contribution >= 4 is 12.1 Å². The van der Waals surface area contributed by atoms with Crippen LogP contribution in [0.3, 0.4) is 0 Å². The molecule has 0 bridgehead atoms. The van der Waals surface area contributed by atoms with E-state index in [1.54, 1.807) is 13.8 Å². The molecule has 0 aromatic heterocycles. The third-order valence-electron chi connectivity index (χ3n) is 1.02. The summed E-state index contributed by atoms with van der Waals surface area (Å²) in [5.41, 5.74) is 0. The number of rotatable bonds is 3. The molecule has 0 aliphatic carbocycles. The van der Waals surface area contributed by atoms with Gasteiger partial charge in [-0.3, -0.25) is 4.79 Å². The van der Waals surface area contributed by atoms with Gasteiger partial charge in [-0.05, 0) is 13.8 Å². The Kier molecular flexibility index (Phi) is 302. The fourth-order valence-electron chi connectivity index (χ4n) is 0.277. The van der Waals surface area contributed by atoms with Crippen molar-refractivity contribution in [2.75, 3.05) is 13.2 Å². The lowest BCUT2D eigenvalue weighted by Crippen LogP contribution is -2.05. The zero-order valence-electron chi connectivity index (χ0n) is 14.9. The maximum absolute atomic E-state index is 10.2. The summed E-state index contributed by atoms with van der Waals surface area (Å²) in [6, 6.07) is 0. The minimum absolute atomic E-state index is 0. The summed E-state index contributed by atoms with van der Waals surface area (Å²) in [7, 11) is 0. The molecule has 0 rings (SSSR count). The number of unbranched alkanes of at least 4 members (excludes halogenated alkanes) is 1. The fourth-order valence-corrected chi connectivity index (χ4v) is 0.277. The highest BCUT2D eigenvalue weighted by Gasteiger charge is 1.96. The minimum atomic E-state index is -0.833. The molecular formula is C21H60O5. The molecule has 0 amide bonds. The van der Waals surface area contributed by atoms with Crippen LogP contribution in [0, 0.1) is 0 Å². The number of carbonyl (C=O) groups is 2. The zero-order chi connectivity index (χ0) is 17.4. The van der Waals surface area contributed by atoms with E-state index in [1.807, 2.05) is 27.7 Å². The summed E-state index contributed by atoms with van der Waals surface area (Å²) in [6.07, 6.45) is 2.05. The van der Waals surface area contributed by atoms with Crippen LogP contribution in [0.15, 0.2) is 0 Å². The lowest BCUT2D eigenvalue weighted by atomic mass is 10.4. The average molecular weight is 393 g/mol. The predicted octanol–water partition coefficient (Wildman–Crippen LogP) is 8.95. The van der Waals surface area contributed by atoms with Gasteiger partial charge in [-0.1, -0.05) is 98.9 Å². The summed E-state index contributed by atoms with van der Waals surface area (Å²) in [4.78, 5) is 19.2. The molecule has 0 saturated carbocycles. The highest BCUT2D eigenvalue weighted by molar-refractivity contribution is 5.63. The first-order valence-electron chi connectivity index (χ1n) is 7.45. The van der Waals surface area contributed by atoms with Gasteiger partial charge in [0, 0.05) is 6.92 Å². The normalized spacial score (nSPS) is 5.12. The maximum Gasteiger partial charge on any atom is 0.508 e. The molecule has 5 nitrogen and oxygen atoms in total. The second-order valence-corrected chi connectivity index (χ2v) is 2.64. The first kappa shape index (κ1) is 73.9. The van der Waals surface area contributed by atoms with Crippen LogP contribution < -0.4 is 0 Å². The molecule has 0 radical (unpaired) electrons. The lowest BCUT2D eigenvalue weighted by Gasteiger charge is -1.98. The molecule has 0 unspecified atom stereocenters. The van der Waals surface area contributed by atoms with Crippen molar-refractivity contribution in [2.24, 2.45) is 0 Å². The molecule has 0 atom stereocenters. The Morgan fingerprint density at radius 2 is 0.808 bits per heavy atom. The van der Waals surface area contributed by atoms with Gasteiger partial charge in [-0.15, -0.1) is 0 Å². The van der Waals surface area contributed by atoms with Crippen molar-refractivity contribution in [1.82, 2.24) is 0 Å². The van der Waals surface area contributed by atoms with Crippen LogP contribution in [-0.4, -0.2) is 30.4 Å². The van der Waals surface area contributed by atoms with Crippen LogP contribution in [0.4, 0.5) is 4.79 Å². The topological polar surface area (TPSA) is 72.8 Å². The molecule has 0 aliphatic rings. The first-order valence-corrected chi connectivity index (χ1v) is 7.45. The first-order chi connectivity index (χ1) is 9.45. The van der Waals surface area contributed by atoms with Crippen LogP contribution in [0.5, 0.6) is 0 Å². The molecule has 5 heteroatoms. The van der Waals surface area contributed by atoms with E-state index in [-0.39, 0.29) is 44.6 Å². The number of carbonyl (C=O) groups excluding carboxylic acids is 1. The SMILES string of the molecule is C.C.C.C.C.C.CC.CC.CC(=O)O.CCCC.CCOC(=O)OCC. The summed E-state index contributed by atoms with van der Waals surface area (Å²) in [5, 5.41) is 7.42. The molecule has 0 fully saturated rings. The van der Waals surface area contributed by atoms with Crippen molar-refractivity contribution in [2.45, 2.75) is 120 Å². The molecule has 174 valence electrons. The van der Waals surface area contributed by atoms with Crippen molar-refractivity contribution in [3.8, 4) is 0 Å². The average Bonchev–Trinajstić information content (AvgIpc) is 2.43. The number of carboxylic acid groups (broad SMARTS) is 1. The second kappa shape index (κ2) is 106. The van der Waals surface area contributed by atoms with E-state index in [4.69, 9.17) is 9.90 Å². The van der Waals surface area contributed by atoms with Crippen LogP contribution in [0.25, 0.3) is 0 Å². The number of carboxylic acids is 1. The summed E-state index contributed by atoms with van der Waals surface area (Å²) < 4.78 is 8.84. The quantitative estimate of drug-likeness (QED) is 0.485. The van der Waals surface area contributed by atoms with Gasteiger partial charge in [0.1, 0.15) is 0 Å². The van der Waals surface area contributed by atoms with Gasteiger partial charge < -0.3 is 14.6 Å². The standard InChI is InChI=1S/C5H10O3.C4H10.C2H4O2.2C2H6.6CH4/c1-3-7-5(6)8-4-2;1-3-4-2;1-2(3)4;2*1-2;;;;;;/h3-4H2,1-2H3;3-4H2,1-2H3;1H3,(H,3,4);2*1-2H3;6*1H4. The van der Waals surface area contributed by atoms with Crippen molar-refractivity contribution in [3.05, 3.63) is 0 Å². The lowest BCUT2D eigenvalue weighted by molar-refractivity contribution is -0.134. The van der Waals surface area contributed by atoms with Crippen LogP contribution >= 0.6 is 0 Å². The van der Waals surface area contributed by atoms with Crippen LogP contribution in [0.2, 0.25) is 0 Å². The number of ether oxygens (including phenoxy) is 2. The number of aliphatic carboxylic acids is 1. The number of hydrogen-bond acceptors (Lipinski definition) is 4. The fraction of sp³-hybridized carbons (Fsp3) is 0.905. The molecular weight excluding hydrogens is 332 g/mol. The summed E-state index contributed by atoms with van der Waals surface area (Å²) in [6.45, 7) is 17.7. The van der Waals surface area contributed by atoms with Crippen molar-refractivity contribution in [3.63, 3.8) is 0 Å². The van der Waals surface area contributed by atoms with Gasteiger partial charge in [0.2, 0.25) is 0 Å². The molecule has 0 aromatic carbocycles. The summed E-state index contributed by atoms with van der Waals surface area (Å²) >= 11 is 0. The molecule has 0 saturated heterocycles. The molecule has 26 heavy (non-hydrogen) atoms. The van der Waals surface area contributed by atoms with E-state index in [2.05, 4.69) is 23.3 Å². The predicted molar refractivity (Wildman–Crippen MR) is 126 cm³/mol. The smallest absolute Gasteiger partial charge is 0.481 e. The van der Waals surface area contributed by atoms with E-state index >= 15 is 0 Å². The largest absolute Gasteiger partial charge is 0.508 e. The Bertz CT molecular complexity index is 146. The second-order valence-electron chi connectivity index (χ2n) is 2.64. The zero-order valence-corrected chi connectivity index (χ0v) is 14.9. The third-order valence-corrected chi connectivity index (χ3v) is 1.02. The molecule has 1 N–H and O–H groups in total. The molecule has 0 aromatic rings. The van der Waals surface area contributed by atoms with Gasteiger partial charge >= 0.3 is 6.16 Å². The molecule has 0 aliphatic heterocycles. The molecule has 0 spiro atoms. The van der Waals surface area contributed by atoms with Crippen LogP contribution in [0.1, 0.15) is 120 Å². The van der Waals surface area contributed by atoms with E-state index < -0.39 is 12.1 Å². The Balaban J connectivity index is -0.0000000124. The Morgan fingerprint density at radius 1 is 0.654 bits per heavy atom. The molecule has 0 heterocycles. The highest BCUT2D eigenvalue weighted by atomic mass is 16.7.